The van der Waals surface area contributed by atoms with Gasteiger partial charge in [0.2, 0.25) is 0 Å². The van der Waals surface area contributed by atoms with Crippen LogP contribution in [0.25, 0.3) is 0 Å². The Labute approximate surface area is 153 Å². The summed E-state index contributed by atoms with van der Waals surface area (Å²) in [7, 11) is 0. The first-order chi connectivity index (χ1) is 12.2. The molecule has 25 heavy (non-hydrogen) atoms. The van der Waals surface area contributed by atoms with Crippen molar-refractivity contribution in [3.05, 3.63) is 69.4 Å². The minimum Gasteiger partial charge on any atom is -0.330 e. The van der Waals surface area contributed by atoms with Gasteiger partial charge in [0.25, 0.3) is 5.91 Å². The second-order valence-electron chi connectivity index (χ2n) is 6.40. The number of carbonyl (C=O) groups is 1. The van der Waals surface area contributed by atoms with Gasteiger partial charge in [0.1, 0.15) is 0 Å². The predicted molar refractivity (Wildman–Crippen MR) is 102 cm³/mol. The first kappa shape index (κ1) is 17.4. The average molecular weight is 350 g/mol. The number of nitrogens with zero attached hydrogens (tertiary/aromatic N) is 2. The zero-order valence-electron chi connectivity index (χ0n) is 14.3. The molecule has 2 aromatic rings. The maximum atomic E-state index is 13.0. The van der Waals surface area contributed by atoms with Crippen LogP contribution in [0, 0.1) is 11.3 Å². The van der Waals surface area contributed by atoms with Crippen molar-refractivity contribution in [3.8, 4) is 6.07 Å². The number of carbonyl (C=O) groups excluding carboxylic acids is 1. The summed E-state index contributed by atoms with van der Waals surface area (Å²) >= 11 is 1.66. The number of benzene rings is 1. The van der Waals surface area contributed by atoms with Gasteiger partial charge in [-0.25, -0.2) is 0 Å². The molecule has 0 N–H and O–H groups in total. The zero-order valence-corrected chi connectivity index (χ0v) is 15.1. The number of fused-ring (bicyclic) bond motifs is 1. The van der Waals surface area contributed by atoms with Crippen molar-refractivity contribution in [2.75, 3.05) is 6.54 Å². The first-order valence-corrected chi connectivity index (χ1v) is 9.53. The van der Waals surface area contributed by atoms with Crippen LogP contribution in [0.15, 0.2) is 43.0 Å². The van der Waals surface area contributed by atoms with E-state index in [-0.39, 0.29) is 5.91 Å². The van der Waals surface area contributed by atoms with Crippen molar-refractivity contribution in [1.82, 2.24) is 4.90 Å². The van der Waals surface area contributed by atoms with E-state index in [0.717, 1.165) is 23.3 Å². The van der Waals surface area contributed by atoms with Crippen LogP contribution in [0.4, 0.5) is 0 Å². The van der Waals surface area contributed by atoms with Crippen molar-refractivity contribution in [2.45, 2.75) is 38.6 Å². The maximum absolute atomic E-state index is 13.0. The van der Waals surface area contributed by atoms with E-state index in [1.807, 2.05) is 17.0 Å². The van der Waals surface area contributed by atoms with E-state index in [9.17, 15) is 4.79 Å². The highest BCUT2D eigenvalue weighted by molar-refractivity contribution is 7.14. The van der Waals surface area contributed by atoms with Crippen molar-refractivity contribution in [2.24, 2.45) is 0 Å². The molecule has 1 aliphatic rings. The SMILES string of the molecule is C=CCN(Cc1ccc(C#N)cc1)C(=O)c1cc2c(s1)CCCCC2. The predicted octanol–water partition coefficient (Wildman–Crippen LogP) is 4.72. The molecule has 1 amide bonds. The molecular formula is C21H22N2OS. The van der Waals surface area contributed by atoms with Gasteiger partial charge in [-0.15, -0.1) is 17.9 Å². The summed E-state index contributed by atoms with van der Waals surface area (Å²) in [5, 5.41) is 8.91. The lowest BCUT2D eigenvalue weighted by molar-refractivity contribution is 0.0767. The van der Waals surface area contributed by atoms with E-state index < -0.39 is 0 Å². The van der Waals surface area contributed by atoms with Crippen LogP contribution < -0.4 is 0 Å². The summed E-state index contributed by atoms with van der Waals surface area (Å²) in [4.78, 5) is 17.0. The minimum atomic E-state index is 0.0716. The molecule has 0 atom stereocenters. The Morgan fingerprint density at radius 1 is 1.24 bits per heavy atom. The smallest absolute Gasteiger partial charge is 0.264 e. The number of nitriles is 1. The van der Waals surface area contributed by atoms with Gasteiger partial charge in [-0.1, -0.05) is 24.6 Å². The van der Waals surface area contributed by atoms with E-state index >= 15 is 0 Å². The molecule has 0 spiro atoms. The standard InChI is InChI=1S/C21H22N2OS/c1-2-12-23(15-17-10-8-16(14-22)9-11-17)21(24)20-13-18-6-4-3-5-7-19(18)25-20/h2,8-11,13H,1,3-7,12,15H2. The zero-order chi connectivity index (χ0) is 17.6. The van der Waals surface area contributed by atoms with Crippen LogP contribution in [0.5, 0.6) is 0 Å². The van der Waals surface area contributed by atoms with Crippen LogP contribution >= 0.6 is 11.3 Å². The van der Waals surface area contributed by atoms with Crippen molar-refractivity contribution in [1.29, 1.82) is 5.26 Å². The third-order valence-electron chi connectivity index (χ3n) is 4.55. The van der Waals surface area contributed by atoms with Crippen molar-refractivity contribution < 1.29 is 4.79 Å². The van der Waals surface area contributed by atoms with Crippen molar-refractivity contribution in [3.63, 3.8) is 0 Å². The highest BCUT2D eigenvalue weighted by atomic mass is 32.1. The van der Waals surface area contributed by atoms with Crippen LogP contribution in [-0.2, 0) is 19.4 Å². The fourth-order valence-corrected chi connectivity index (χ4v) is 4.43. The molecular weight excluding hydrogens is 328 g/mol. The number of thiophene rings is 1. The number of hydrogen-bond donors (Lipinski definition) is 0. The van der Waals surface area contributed by atoms with Crippen molar-refractivity contribution >= 4 is 17.2 Å². The van der Waals surface area contributed by atoms with Gasteiger partial charge < -0.3 is 4.90 Å². The Hall–Kier alpha value is -2.38. The molecule has 0 aliphatic heterocycles. The Kier molecular flexibility index (Phi) is 5.67. The Morgan fingerprint density at radius 2 is 2.00 bits per heavy atom. The molecule has 1 aromatic carbocycles. The summed E-state index contributed by atoms with van der Waals surface area (Å²) in [6.45, 7) is 4.83. The number of aryl methyl sites for hydroxylation is 2. The Bertz CT molecular complexity index is 775. The molecule has 0 saturated heterocycles. The summed E-state index contributed by atoms with van der Waals surface area (Å²) < 4.78 is 0. The Balaban J connectivity index is 1.78. The molecule has 0 saturated carbocycles. The van der Waals surface area contributed by atoms with E-state index in [2.05, 4.69) is 18.7 Å². The molecule has 128 valence electrons. The number of amides is 1. The highest BCUT2D eigenvalue weighted by Crippen LogP contribution is 2.30. The van der Waals surface area contributed by atoms with Crippen LogP contribution in [0.1, 0.15) is 50.5 Å². The molecule has 3 nitrogen and oxygen atoms in total. The summed E-state index contributed by atoms with van der Waals surface area (Å²) in [6.07, 6.45) is 7.69. The second kappa shape index (κ2) is 8.13. The fraction of sp³-hybridized carbons (Fsp3) is 0.333. The highest BCUT2D eigenvalue weighted by Gasteiger charge is 2.20. The van der Waals surface area contributed by atoms with Crippen LogP contribution in [0.3, 0.4) is 0 Å². The fourth-order valence-electron chi connectivity index (χ4n) is 3.21. The quantitative estimate of drug-likeness (QED) is 0.578. The van der Waals surface area contributed by atoms with Gasteiger partial charge >= 0.3 is 0 Å². The third kappa shape index (κ3) is 4.18. The van der Waals surface area contributed by atoms with Crippen LogP contribution in [-0.4, -0.2) is 17.4 Å². The Morgan fingerprint density at radius 3 is 2.72 bits per heavy atom. The van der Waals surface area contributed by atoms with E-state index in [0.29, 0.717) is 18.7 Å². The molecule has 4 heteroatoms. The molecule has 0 fully saturated rings. The first-order valence-electron chi connectivity index (χ1n) is 8.72. The molecule has 0 radical (unpaired) electrons. The summed E-state index contributed by atoms with van der Waals surface area (Å²) in [5.41, 5.74) is 3.02. The normalized spacial score (nSPS) is 13.4. The van der Waals surface area contributed by atoms with E-state index in [4.69, 9.17) is 5.26 Å². The van der Waals surface area contributed by atoms with Gasteiger partial charge in [0, 0.05) is 18.0 Å². The average Bonchev–Trinajstić information content (AvgIpc) is 2.92. The number of hydrogen-bond acceptors (Lipinski definition) is 3. The minimum absolute atomic E-state index is 0.0716. The summed E-state index contributed by atoms with van der Waals surface area (Å²) in [5.74, 6) is 0.0716. The lowest BCUT2D eigenvalue weighted by Gasteiger charge is -2.20. The molecule has 1 aliphatic carbocycles. The topological polar surface area (TPSA) is 44.1 Å². The van der Waals surface area contributed by atoms with Gasteiger partial charge in [0.15, 0.2) is 0 Å². The van der Waals surface area contributed by atoms with Gasteiger partial charge in [-0.05, 0) is 55.0 Å². The largest absolute Gasteiger partial charge is 0.330 e. The van der Waals surface area contributed by atoms with Crippen LogP contribution in [0.2, 0.25) is 0 Å². The lowest BCUT2D eigenvalue weighted by Crippen LogP contribution is -2.30. The molecule has 1 aromatic heterocycles. The van der Waals surface area contributed by atoms with E-state index in [1.54, 1.807) is 29.5 Å². The molecule has 3 rings (SSSR count). The van der Waals surface area contributed by atoms with Gasteiger partial charge in [-0.2, -0.15) is 5.26 Å². The molecule has 0 unspecified atom stereocenters. The third-order valence-corrected chi connectivity index (χ3v) is 5.78. The summed E-state index contributed by atoms with van der Waals surface area (Å²) in [6, 6.07) is 11.6. The van der Waals surface area contributed by atoms with Gasteiger partial charge in [0.05, 0.1) is 16.5 Å². The second-order valence-corrected chi connectivity index (χ2v) is 7.54. The number of rotatable bonds is 5. The van der Waals surface area contributed by atoms with Gasteiger partial charge in [-0.3, -0.25) is 4.79 Å². The molecule has 1 heterocycles. The maximum Gasteiger partial charge on any atom is 0.264 e. The lowest BCUT2D eigenvalue weighted by atomic mass is 10.1. The monoisotopic (exact) mass is 350 g/mol. The molecule has 0 bridgehead atoms. The van der Waals surface area contributed by atoms with E-state index in [1.165, 1.54) is 29.7 Å².